The van der Waals surface area contributed by atoms with Gasteiger partial charge in [-0.25, -0.2) is 0 Å². The summed E-state index contributed by atoms with van der Waals surface area (Å²) in [7, 11) is 2.06. The molecule has 1 heterocycles. The van der Waals surface area contributed by atoms with Gasteiger partial charge in [-0.2, -0.15) is 11.3 Å². The quantitative estimate of drug-likeness (QED) is 0.779. The van der Waals surface area contributed by atoms with Crippen molar-refractivity contribution < 1.29 is 0 Å². The molecule has 0 aromatic carbocycles. The molecule has 1 aromatic rings. The van der Waals surface area contributed by atoms with Crippen LogP contribution in [-0.2, 0) is 6.42 Å². The number of rotatable bonds is 4. The Morgan fingerprint density at radius 3 is 2.85 bits per heavy atom. The van der Waals surface area contributed by atoms with E-state index in [0.29, 0.717) is 5.41 Å². The van der Waals surface area contributed by atoms with E-state index >= 15 is 0 Å². The van der Waals surface area contributed by atoms with E-state index in [9.17, 15) is 0 Å². The first-order valence-electron chi connectivity index (χ1n) is 5.00. The third-order valence-corrected chi connectivity index (χ3v) is 3.86. The lowest BCUT2D eigenvalue weighted by atomic mass is 9.65. The van der Waals surface area contributed by atoms with Crippen molar-refractivity contribution in [3.05, 3.63) is 22.4 Å². The van der Waals surface area contributed by atoms with Crippen molar-refractivity contribution in [2.45, 2.75) is 25.7 Å². The Hall–Kier alpha value is -0.340. The topological polar surface area (TPSA) is 12.0 Å². The molecule has 1 nitrogen and oxygen atoms in total. The van der Waals surface area contributed by atoms with Crippen molar-refractivity contribution >= 4 is 11.3 Å². The molecule has 1 N–H and O–H groups in total. The molecule has 1 fully saturated rings. The van der Waals surface area contributed by atoms with E-state index in [4.69, 9.17) is 0 Å². The first kappa shape index (κ1) is 9.22. The van der Waals surface area contributed by atoms with Crippen molar-refractivity contribution in [3.63, 3.8) is 0 Å². The minimum atomic E-state index is 0.593. The third kappa shape index (κ3) is 1.94. The molecule has 0 aliphatic heterocycles. The maximum absolute atomic E-state index is 3.33. The molecule has 1 aliphatic rings. The summed E-state index contributed by atoms with van der Waals surface area (Å²) in [5, 5.41) is 7.80. The predicted molar refractivity (Wildman–Crippen MR) is 58.2 cm³/mol. The molecule has 0 radical (unpaired) electrons. The molecule has 72 valence electrons. The Morgan fingerprint density at radius 2 is 2.38 bits per heavy atom. The second-order valence-corrected chi connectivity index (χ2v) is 4.97. The summed E-state index contributed by atoms with van der Waals surface area (Å²) in [6, 6.07) is 2.26. The van der Waals surface area contributed by atoms with Crippen LogP contribution >= 0.6 is 11.3 Å². The molecule has 2 rings (SSSR count). The average Bonchev–Trinajstić information content (AvgIpc) is 2.53. The second-order valence-electron chi connectivity index (χ2n) is 4.19. The van der Waals surface area contributed by atoms with Crippen LogP contribution in [0.25, 0.3) is 0 Å². The number of hydrogen-bond donors (Lipinski definition) is 1. The van der Waals surface area contributed by atoms with Gasteiger partial charge in [0.2, 0.25) is 0 Å². The summed E-state index contributed by atoms with van der Waals surface area (Å²) in [6.45, 7) is 1.18. The van der Waals surface area contributed by atoms with Gasteiger partial charge in [-0.15, -0.1) is 0 Å². The van der Waals surface area contributed by atoms with Crippen molar-refractivity contribution in [1.82, 2.24) is 5.32 Å². The highest BCUT2D eigenvalue weighted by molar-refractivity contribution is 7.07. The molecule has 1 aromatic heterocycles. The van der Waals surface area contributed by atoms with E-state index in [1.807, 2.05) is 11.3 Å². The van der Waals surface area contributed by atoms with Gasteiger partial charge < -0.3 is 5.32 Å². The van der Waals surface area contributed by atoms with Crippen LogP contribution in [0.2, 0.25) is 0 Å². The van der Waals surface area contributed by atoms with Crippen LogP contribution in [0.1, 0.15) is 24.8 Å². The first-order chi connectivity index (χ1) is 6.35. The largest absolute Gasteiger partial charge is 0.319 e. The Balaban J connectivity index is 1.98. The zero-order valence-electron chi connectivity index (χ0n) is 8.18. The number of nitrogens with one attached hydrogen (secondary N) is 1. The SMILES string of the molecule is CNCC1(Cc2ccsc2)CCC1. The molecule has 0 bridgehead atoms. The molecule has 0 amide bonds. The van der Waals surface area contributed by atoms with Crippen LogP contribution in [0.3, 0.4) is 0 Å². The van der Waals surface area contributed by atoms with Gasteiger partial charge >= 0.3 is 0 Å². The lowest BCUT2D eigenvalue weighted by Crippen LogP contribution is -2.40. The molecule has 0 saturated heterocycles. The Labute approximate surface area is 84.2 Å². The number of thiophene rings is 1. The number of hydrogen-bond acceptors (Lipinski definition) is 2. The van der Waals surface area contributed by atoms with Gasteiger partial charge in [0.1, 0.15) is 0 Å². The lowest BCUT2D eigenvalue weighted by molar-refractivity contribution is 0.134. The molecular formula is C11H17NS. The minimum Gasteiger partial charge on any atom is -0.319 e. The first-order valence-corrected chi connectivity index (χ1v) is 5.95. The van der Waals surface area contributed by atoms with Crippen LogP contribution < -0.4 is 5.32 Å². The molecule has 13 heavy (non-hydrogen) atoms. The Bertz CT molecular complexity index is 249. The smallest absolute Gasteiger partial charge is 0.000800 e. The van der Waals surface area contributed by atoms with Crippen LogP contribution in [0.5, 0.6) is 0 Å². The summed E-state index contributed by atoms with van der Waals surface area (Å²) in [5.41, 5.74) is 2.12. The molecule has 0 atom stereocenters. The summed E-state index contributed by atoms with van der Waals surface area (Å²) < 4.78 is 0. The summed E-state index contributed by atoms with van der Waals surface area (Å²) in [4.78, 5) is 0. The zero-order chi connectivity index (χ0) is 9.15. The molecule has 0 spiro atoms. The monoisotopic (exact) mass is 195 g/mol. The fourth-order valence-electron chi connectivity index (χ4n) is 2.29. The summed E-state index contributed by atoms with van der Waals surface area (Å²) in [6.07, 6.45) is 5.51. The van der Waals surface area contributed by atoms with Crippen molar-refractivity contribution in [1.29, 1.82) is 0 Å². The van der Waals surface area contributed by atoms with Gasteiger partial charge in [-0.1, -0.05) is 6.42 Å². The maximum Gasteiger partial charge on any atom is 0.000800 e. The predicted octanol–water partition coefficient (Wildman–Crippen LogP) is 2.68. The van der Waals surface area contributed by atoms with Crippen LogP contribution in [0.4, 0.5) is 0 Å². The second kappa shape index (κ2) is 3.81. The van der Waals surface area contributed by atoms with Crippen molar-refractivity contribution in [3.8, 4) is 0 Å². The average molecular weight is 195 g/mol. The highest BCUT2D eigenvalue weighted by Crippen LogP contribution is 2.43. The highest BCUT2D eigenvalue weighted by Gasteiger charge is 2.36. The van der Waals surface area contributed by atoms with Crippen molar-refractivity contribution in [2.24, 2.45) is 5.41 Å². The van der Waals surface area contributed by atoms with Gasteiger partial charge in [-0.05, 0) is 54.1 Å². The minimum absolute atomic E-state index is 0.593. The highest BCUT2D eigenvalue weighted by atomic mass is 32.1. The van der Waals surface area contributed by atoms with E-state index in [0.717, 1.165) is 0 Å². The van der Waals surface area contributed by atoms with E-state index in [1.165, 1.54) is 37.8 Å². The Morgan fingerprint density at radius 1 is 1.54 bits per heavy atom. The molecule has 1 aliphatic carbocycles. The van der Waals surface area contributed by atoms with Crippen molar-refractivity contribution in [2.75, 3.05) is 13.6 Å². The third-order valence-electron chi connectivity index (χ3n) is 3.13. The molecule has 2 heteroatoms. The summed E-state index contributed by atoms with van der Waals surface area (Å²) >= 11 is 1.81. The molecule has 0 unspecified atom stereocenters. The van der Waals surface area contributed by atoms with E-state index in [-0.39, 0.29) is 0 Å². The van der Waals surface area contributed by atoms with Gasteiger partial charge in [0, 0.05) is 6.54 Å². The van der Waals surface area contributed by atoms with E-state index < -0.39 is 0 Å². The van der Waals surface area contributed by atoms with Crippen LogP contribution in [-0.4, -0.2) is 13.6 Å². The maximum atomic E-state index is 3.33. The molecule has 1 saturated carbocycles. The Kier molecular flexibility index (Phi) is 2.70. The summed E-state index contributed by atoms with van der Waals surface area (Å²) in [5.74, 6) is 0. The standard InChI is InChI=1S/C11H17NS/c1-12-9-11(4-2-5-11)7-10-3-6-13-8-10/h3,6,8,12H,2,4-5,7,9H2,1H3. The van der Waals surface area contributed by atoms with E-state index in [1.54, 1.807) is 0 Å². The van der Waals surface area contributed by atoms with Gasteiger partial charge in [-0.3, -0.25) is 0 Å². The zero-order valence-corrected chi connectivity index (χ0v) is 8.99. The normalized spacial score (nSPS) is 19.8. The van der Waals surface area contributed by atoms with Gasteiger partial charge in [0.25, 0.3) is 0 Å². The van der Waals surface area contributed by atoms with Crippen LogP contribution in [0, 0.1) is 5.41 Å². The fraction of sp³-hybridized carbons (Fsp3) is 0.636. The van der Waals surface area contributed by atoms with Gasteiger partial charge in [0.05, 0.1) is 0 Å². The van der Waals surface area contributed by atoms with Gasteiger partial charge in [0.15, 0.2) is 0 Å². The fourth-order valence-corrected chi connectivity index (χ4v) is 2.96. The van der Waals surface area contributed by atoms with E-state index in [2.05, 4.69) is 29.2 Å². The molecular weight excluding hydrogens is 178 g/mol. The van der Waals surface area contributed by atoms with Crippen LogP contribution in [0.15, 0.2) is 16.8 Å². The lowest BCUT2D eigenvalue weighted by Gasteiger charge is -2.42.